The Bertz CT molecular complexity index is 1450. The highest BCUT2D eigenvalue weighted by molar-refractivity contribution is 7.81. The summed E-state index contributed by atoms with van der Waals surface area (Å²) in [6.07, 6.45) is 0.981. The zero-order chi connectivity index (χ0) is 26.2. The highest BCUT2D eigenvalue weighted by atomic mass is 32.2. The number of para-hydroxylation sites is 1. The summed E-state index contributed by atoms with van der Waals surface area (Å²) in [5.41, 5.74) is 1.68. The first-order valence-electron chi connectivity index (χ1n) is 11.5. The van der Waals surface area contributed by atoms with Gasteiger partial charge in [-0.3, -0.25) is 4.57 Å². The first-order chi connectivity index (χ1) is 17.9. The van der Waals surface area contributed by atoms with Crippen molar-refractivity contribution in [1.82, 2.24) is 24.5 Å². The molecule has 5 rings (SSSR count). The predicted molar refractivity (Wildman–Crippen MR) is 137 cm³/mol. The van der Waals surface area contributed by atoms with Gasteiger partial charge in [0.05, 0.1) is 33.1 Å². The fraction of sp³-hybridized carbons (Fsp3) is 0.333. The van der Waals surface area contributed by atoms with E-state index < -0.39 is 22.1 Å². The summed E-state index contributed by atoms with van der Waals surface area (Å²) in [7, 11) is 3.10. The number of anilines is 1. The molecule has 1 aliphatic rings. The number of ether oxygens (including phenoxy) is 3. The second kappa shape index (κ2) is 9.92. The van der Waals surface area contributed by atoms with E-state index in [1.54, 1.807) is 49.1 Å². The number of nitrogens with zero attached hydrogens (tertiary/aromatic N) is 5. The number of imidazole rings is 1. The van der Waals surface area contributed by atoms with Crippen molar-refractivity contribution in [1.29, 1.82) is 0 Å². The number of rotatable bonds is 9. The van der Waals surface area contributed by atoms with E-state index in [1.807, 2.05) is 13.0 Å². The SMILES string of the molecule is CCOc1cccc(-c2nc3ncc(NC4(S(=O)O)CC(O)C4)nc3n2-c2c(OC)cccc2OC)n1. The molecule has 1 saturated carbocycles. The zero-order valence-corrected chi connectivity index (χ0v) is 21.2. The van der Waals surface area contributed by atoms with Gasteiger partial charge in [0, 0.05) is 18.9 Å². The van der Waals surface area contributed by atoms with Crippen molar-refractivity contribution < 1.29 is 28.1 Å². The van der Waals surface area contributed by atoms with Gasteiger partial charge in [-0.2, -0.15) is 0 Å². The Hall–Kier alpha value is -3.81. The molecule has 37 heavy (non-hydrogen) atoms. The van der Waals surface area contributed by atoms with Crippen LogP contribution in [0.1, 0.15) is 19.8 Å². The molecule has 3 heterocycles. The third kappa shape index (κ3) is 4.45. The fourth-order valence-corrected chi connectivity index (χ4v) is 5.20. The monoisotopic (exact) mass is 526 g/mol. The Labute approximate surface area is 215 Å². The van der Waals surface area contributed by atoms with Crippen molar-refractivity contribution in [3.8, 4) is 34.6 Å². The van der Waals surface area contributed by atoms with E-state index in [0.717, 1.165) is 0 Å². The molecule has 1 aromatic carbocycles. The maximum Gasteiger partial charge on any atom is 0.213 e. The number of aromatic nitrogens is 5. The molecule has 3 N–H and O–H groups in total. The Morgan fingerprint density at radius 1 is 1.11 bits per heavy atom. The number of methoxy groups -OCH3 is 2. The van der Waals surface area contributed by atoms with E-state index in [2.05, 4.69) is 15.3 Å². The van der Waals surface area contributed by atoms with Crippen LogP contribution < -0.4 is 19.5 Å². The molecule has 0 amide bonds. The molecular formula is C24H26N6O6S. The molecule has 0 saturated heterocycles. The lowest BCUT2D eigenvalue weighted by atomic mass is 9.88. The van der Waals surface area contributed by atoms with Gasteiger partial charge in [0.15, 0.2) is 28.2 Å². The van der Waals surface area contributed by atoms with E-state index in [1.165, 1.54) is 6.20 Å². The molecule has 3 aromatic heterocycles. The highest BCUT2D eigenvalue weighted by Gasteiger charge is 2.49. The van der Waals surface area contributed by atoms with Gasteiger partial charge in [-0.25, -0.2) is 24.1 Å². The maximum absolute atomic E-state index is 12.1. The van der Waals surface area contributed by atoms with Crippen molar-refractivity contribution in [3.63, 3.8) is 0 Å². The van der Waals surface area contributed by atoms with Crippen molar-refractivity contribution in [2.45, 2.75) is 30.7 Å². The molecular weight excluding hydrogens is 500 g/mol. The van der Waals surface area contributed by atoms with E-state index >= 15 is 0 Å². The normalized spacial score (nSPS) is 19.8. The average Bonchev–Trinajstić information content (AvgIpc) is 3.25. The fourth-order valence-electron chi connectivity index (χ4n) is 4.34. The van der Waals surface area contributed by atoms with Gasteiger partial charge < -0.3 is 29.2 Å². The molecule has 1 fully saturated rings. The quantitative estimate of drug-likeness (QED) is 0.276. The van der Waals surface area contributed by atoms with E-state index in [0.29, 0.717) is 52.5 Å². The summed E-state index contributed by atoms with van der Waals surface area (Å²) >= 11 is -2.24. The van der Waals surface area contributed by atoms with Gasteiger partial charge in [0.2, 0.25) is 5.88 Å². The summed E-state index contributed by atoms with van der Waals surface area (Å²) in [4.78, 5) is 17.3. The lowest BCUT2D eigenvalue weighted by Gasteiger charge is -2.42. The second-order valence-electron chi connectivity index (χ2n) is 8.41. The lowest BCUT2D eigenvalue weighted by molar-refractivity contribution is 0.0664. The van der Waals surface area contributed by atoms with E-state index in [4.69, 9.17) is 24.2 Å². The summed E-state index contributed by atoms with van der Waals surface area (Å²) in [6, 6.07) is 10.7. The first kappa shape index (κ1) is 24.9. The smallest absolute Gasteiger partial charge is 0.213 e. The Morgan fingerprint density at radius 2 is 1.81 bits per heavy atom. The van der Waals surface area contributed by atoms with Crippen LogP contribution in [0.2, 0.25) is 0 Å². The minimum absolute atomic E-state index is 0.106. The number of nitrogens with one attached hydrogen (secondary N) is 1. The molecule has 0 radical (unpaired) electrons. The van der Waals surface area contributed by atoms with Crippen LogP contribution in [-0.4, -0.2) is 70.2 Å². The minimum Gasteiger partial charge on any atom is -0.494 e. The van der Waals surface area contributed by atoms with Gasteiger partial charge >= 0.3 is 0 Å². The Morgan fingerprint density at radius 3 is 2.43 bits per heavy atom. The van der Waals surface area contributed by atoms with Crippen LogP contribution in [-0.2, 0) is 11.1 Å². The molecule has 1 unspecified atom stereocenters. The number of aliphatic hydroxyl groups is 1. The van der Waals surface area contributed by atoms with Crippen molar-refractivity contribution in [2.75, 3.05) is 26.1 Å². The molecule has 194 valence electrons. The minimum atomic E-state index is -2.24. The van der Waals surface area contributed by atoms with Gasteiger partial charge in [0.25, 0.3) is 0 Å². The van der Waals surface area contributed by atoms with Gasteiger partial charge in [-0.15, -0.1) is 0 Å². The van der Waals surface area contributed by atoms with E-state index in [9.17, 15) is 13.9 Å². The van der Waals surface area contributed by atoms with Crippen LogP contribution in [0, 0.1) is 0 Å². The molecule has 0 aliphatic heterocycles. The van der Waals surface area contributed by atoms with Crippen LogP contribution in [0.25, 0.3) is 28.5 Å². The molecule has 1 atom stereocenters. The average molecular weight is 527 g/mol. The number of fused-ring (bicyclic) bond motifs is 1. The number of hydrogen-bond donors (Lipinski definition) is 3. The second-order valence-corrected chi connectivity index (χ2v) is 9.69. The Balaban J connectivity index is 1.74. The third-order valence-corrected chi connectivity index (χ3v) is 7.17. The van der Waals surface area contributed by atoms with Gasteiger partial charge in [0.1, 0.15) is 33.6 Å². The van der Waals surface area contributed by atoms with Crippen LogP contribution in [0.15, 0.2) is 42.6 Å². The summed E-state index contributed by atoms with van der Waals surface area (Å²) in [5, 5.41) is 12.8. The van der Waals surface area contributed by atoms with Crippen LogP contribution in [0.4, 0.5) is 5.82 Å². The standard InChI is InChI=1S/C24H26N6O6S/c1-4-36-19-10-5-7-15(26-19)22-28-21-23(30(22)20-16(34-2)8-6-9-17(20)35-3)27-18(13-25-21)29-24(37(32)33)11-14(31)12-24/h5-10,13-14,31H,4,11-12H2,1-3H3,(H,27,29)(H,32,33). The third-order valence-electron chi connectivity index (χ3n) is 6.06. The van der Waals surface area contributed by atoms with Crippen molar-refractivity contribution in [2.24, 2.45) is 0 Å². The number of benzene rings is 1. The Kier molecular flexibility index (Phi) is 6.67. The summed E-state index contributed by atoms with van der Waals surface area (Å²) < 4.78 is 40.6. The topological polar surface area (TPSA) is 154 Å². The molecule has 12 nitrogen and oxygen atoms in total. The first-order valence-corrected chi connectivity index (χ1v) is 12.6. The molecule has 0 bridgehead atoms. The van der Waals surface area contributed by atoms with Gasteiger partial charge in [-0.1, -0.05) is 12.1 Å². The van der Waals surface area contributed by atoms with Crippen molar-refractivity contribution in [3.05, 3.63) is 42.6 Å². The highest BCUT2D eigenvalue weighted by Crippen LogP contribution is 2.40. The molecule has 4 aromatic rings. The van der Waals surface area contributed by atoms with Crippen LogP contribution >= 0.6 is 0 Å². The van der Waals surface area contributed by atoms with E-state index in [-0.39, 0.29) is 18.7 Å². The summed E-state index contributed by atoms with van der Waals surface area (Å²) in [6.45, 7) is 2.33. The van der Waals surface area contributed by atoms with Gasteiger partial charge in [-0.05, 0) is 25.1 Å². The number of pyridine rings is 1. The molecule has 1 aliphatic carbocycles. The largest absolute Gasteiger partial charge is 0.494 e. The predicted octanol–water partition coefficient (Wildman–Crippen LogP) is 2.78. The summed E-state index contributed by atoms with van der Waals surface area (Å²) in [5.74, 6) is 2.09. The number of hydrogen-bond acceptors (Lipinski definition) is 10. The van der Waals surface area contributed by atoms with Crippen molar-refractivity contribution >= 4 is 28.2 Å². The maximum atomic E-state index is 12.1. The molecule has 0 spiro atoms. The lowest BCUT2D eigenvalue weighted by Crippen LogP contribution is -2.56. The van der Waals surface area contributed by atoms with Crippen LogP contribution in [0.3, 0.4) is 0 Å². The van der Waals surface area contributed by atoms with Crippen LogP contribution in [0.5, 0.6) is 17.4 Å². The molecule has 13 heteroatoms. The number of aliphatic hydroxyl groups excluding tert-OH is 1. The zero-order valence-electron chi connectivity index (χ0n) is 20.4.